The number of hydrogen-bond acceptors (Lipinski definition) is 2. The van der Waals surface area contributed by atoms with Crippen LogP contribution in [-0.4, -0.2) is 9.97 Å². The summed E-state index contributed by atoms with van der Waals surface area (Å²) in [4.78, 5) is 20.7. The van der Waals surface area contributed by atoms with Gasteiger partial charge in [-0.25, -0.2) is 4.98 Å². The summed E-state index contributed by atoms with van der Waals surface area (Å²) in [6.07, 6.45) is 1.72. The fourth-order valence-electron chi connectivity index (χ4n) is 3.91. The van der Waals surface area contributed by atoms with E-state index in [9.17, 15) is 4.79 Å². The second-order valence-corrected chi connectivity index (χ2v) is 8.07. The van der Waals surface area contributed by atoms with Crippen LogP contribution in [0.4, 0.5) is 0 Å². The summed E-state index contributed by atoms with van der Waals surface area (Å²) in [5.41, 5.74) is 11.2. The van der Waals surface area contributed by atoms with Crippen LogP contribution in [-0.2, 0) is 6.54 Å². The summed E-state index contributed by atoms with van der Waals surface area (Å²) in [6, 6.07) is 27.8. The first-order valence-corrected chi connectivity index (χ1v) is 10.8. The fourth-order valence-corrected chi connectivity index (χ4v) is 4.04. The molecule has 0 amide bonds. The molecule has 0 atom stereocenters. The SMILES string of the molecule is [NH3+]Cc1ccc(-c2nc3c(-c4ccc(Cl)cc4)c[nH]c(=O)c3cc2-c2ccccc2)cc1. The van der Waals surface area contributed by atoms with E-state index in [1.807, 2.05) is 60.7 Å². The number of fused-ring (bicyclic) bond motifs is 1. The lowest BCUT2D eigenvalue weighted by atomic mass is 9.95. The van der Waals surface area contributed by atoms with E-state index in [0.29, 0.717) is 15.9 Å². The first kappa shape index (κ1) is 20.2. The maximum absolute atomic E-state index is 12.8. The standard InChI is InChI=1S/C27H20ClN3O/c28-21-12-10-19(11-13-21)24-16-30-27(32)23-14-22(18-4-2-1-3-5-18)25(31-26(23)24)20-8-6-17(15-29)7-9-20/h1-14,16H,15,29H2,(H,30,32)/p+1. The van der Waals surface area contributed by atoms with Crippen molar-refractivity contribution in [3.8, 4) is 33.5 Å². The molecule has 5 rings (SSSR count). The van der Waals surface area contributed by atoms with E-state index in [1.54, 1.807) is 6.20 Å². The topological polar surface area (TPSA) is 73.4 Å². The van der Waals surface area contributed by atoms with Crippen molar-refractivity contribution >= 4 is 22.5 Å². The van der Waals surface area contributed by atoms with Crippen LogP contribution >= 0.6 is 11.6 Å². The predicted octanol–water partition coefficient (Wildman–Crippen LogP) is 5.32. The van der Waals surface area contributed by atoms with Crippen molar-refractivity contribution in [3.63, 3.8) is 0 Å². The van der Waals surface area contributed by atoms with Gasteiger partial charge in [-0.3, -0.25) is 4.79 Å². The molecule has 0 aliphatic heterocycles. The Labute approximate surface area is 190 Å². The van der Waals surface area contributed by atoms with Crippen LogP contribution in [0.15, 0.2) is 95.9 Å². The molecule has 2 aromatic heterocycles. The van der Waals surface area contributed by atoms with Gasteiger partial charge in [-0.1, -0.05) is 78.3 Å². The number of aromatic amines is 1. The van der Waals surface area contributed by atoms with Gasteiger partial charge >= 0.3 is 0 Å². The predicted molar refractivity (Wildman–Crippen MR) is 130 cm³/mol. The third-order valence-corrected chi connectivity index (χ3v) is 5.88. The molecule has 5 aromatic rings. The zero-order valence-corrected chi connectivity index (χ0v) is 18.1. The molecule has 0 aliphatic carbocycles. The van der Waals surface area contributed by atoms with Gasteiger partial charge in [-0.15, -0.1) is 0 Å². The highest BCUT2D eigenvalue weighted by Gasteiger charge is 2.16. The van der Waals surface area contributed by atoms with Crippen LogP contribution in [0.5, 0.6) is 0 Å². The van der Waals surface area contributed by atoms with E-state index in [4.69, 9.17) is 16.6 Å². The quantitative estimate of drug-likeness (QED) is 0.398. The zero-order valence-electron chi connectivity index (χ0n) is 17.3. The van der Waals surface area contributed by atoms with E-state index in [1.165, 1.54) is 0 Å². The molecule has 0 saturated carbocycles. The van der Waals surface area contributed by atoms with Crippen molar-refractivity contribution in [2.24, 2.45) is 0 Å². The summed E-state index contributed by atoms with van der Waals surface area (Å²) in [7, 11) is 0. The van der Waals surface area contributed by atoms with Gasteiger partial charge in [0, 0.05) is 33.5 Å². The highest BCUT2D eigenvalue weighted by molar-refractivity contribution is 6.30. The molecule has 0 saturated heterocycles. The fraction of sp³-hybridized carbons (Fsp3) is 0.0370. The normalized spacial score (nSPS) is 11.1. The first-order valence-electron chi connectivity index (χ1n) is 10.4. The Morgan fingerprint density at radius 1 is 0.812 bits per heavy atom. The average molecular weight is 439 g/mol. The van der Waals surface area contributed by atoms with Crippen molar-refractivity contribution in [2.75, 3.05) is 0 Å². The van der Waals surface area contributed by atoms with E-state index in [2.05, 4.69) is 35.0 Å². The van der Waals surface area contributed by atoms with Crippen LogP contribution in [0.25, 0.3) is 44.4 Å². The van der Waals surface area contributed by atoms with E-state index in [-0.39, 0.29) is 5.56 Å². The zero-order chi connectivity index (χ0) is 22.1. The Morgan fingerprint density at radius 3 is 2.16 bits per heavy atom. The van der Waals surface area contributed by atoms with Crippen molar-refractivity contribution < 1.29 is 5.73 Å². The number of H-pyrrole nitrogens is 1. The number of quaternary nitrogens is 1. The van der Waals surface area contributed by atoms with Crippen LogP contribution in [0.2, 0.25) is 5.02 Å². The molecular weight excluding hydrogens is 418 g/mol. The number of aromatic nitrogens is 2. The Hall–Kier alpha value is -3.73. The molecule has 0 radical (unpaired) electrons. The molecule has 5 heteroatoms. The van der Waals surface area contributed by atoms with Gasteiger partial charge in [0.1, 0.15) is 0 Å². The van der Waals surface area contributed by atoms with Crippen molar-refractivity contribution in [1.29, 1.82) is 0 Å². The van der Waals surface area contributed by atoms with Gasteiger partial charge in [0.15, 0.2) is 0 Å². The van der Waals surface area contributed by atoms with Gasteiger partial charge in [0.2, 0.25) is 0 Å². The first-order chi connectivity index (χ1) is 15.6. The van der Waals surface area contributed by atoms with Crippen LogP contribution < -0.4 is 11.3 Å². The summed E-state index contributed by atoms with van der Waals surface area (Å²) in [6.45, 7) is 0.729. The van der Waals surface area contributed by atoms with Gasteiger partial charge < -0.3 is 10.7 Å². The van der Waals surface area contributed by atoms with E-state index >= 15 is 0 Å². The number of benzene rings is 3. The Morgan fingerprint density at radius 2 is 1.47 bits per heavy atom. The molecule has 0 spiro atoms. The molecule has 0 aliphatic rings. The second kappa shape index (κ2) is 8.42. The van der Waals surface area contributed by atoms with Gasteiger partial charge in [0.05, 0.1) is 23.1 Å². The lowest BCUT2D eigenvalue weighted by molar-refractivity contribution is -0.386. The number of rotatable bonds is 4. The van der Waals surface area contributed by atoms with Gasteiger partial charge in [-0.05, 0) is 29.3 Å². The molecule has 4 N–H and O–H groups in total. The monoisotopic (exact) mass is 438 g/mol. The third kappa shape index (κ3) is 3.71. The van der Waals surface area contributed by atoms with Gasteiger partial charge in [-0.2, -0.15) is 0 Å². The number of nitrogens with zero attached hydrogens (tertiary/aromatic N) is 1. The molecule has 0 bridgehead atoms. The molecular formula is C27H21ClN3O+. The summed E-state index contributed by atoms with van der Waals surface area (Å²) in [5, 5.41) is 1.21. The Bertz CT molecular complexity index is 1460. The van der Waals surface area contributed by atoms with Gasteiger partial charge in [0.25, 0.3) is 5.56 Å². The minimum Gasteiger partial charge on any atom is -0.354 e. The van der Waals surface area contributed by atoms with Crippen molar-refractivity contribution in [2.45, 2.75) is 6.54 Å². The summed E-state index contributed by atoms with van der Waals surface area (Å²) < 4.78 is 0. The highest BCUT2D eigenvalue weighted by Crippen LogP contribution is 2.35. The van der Waals surface area contributed by atoms with Crippen molar-refractivity contribution in [3.05, 3.63) is 112 Å². The maximum Gasteiger partial charge on any atom is 0.257 e. The van der Waals surface area contributed by atoms with Crippen LogP contribution in [0, 0.1) is 0 Å². The maximum atomic E-state index is 12.8. The molecule has 2 heterocycles. The Balaban J connectivity index is 1.83. The second-order valence-electron chi connectivity index (χ2n) is 7.63. The molecule has 0 fully saturated rings. The minimum absolute atomic E-state index is 0.165. The minimum atomic E-state index is -0.165. The molecule has 0 unspecified atom stereocenters. The summed E-state index contributed by atoms with van der Waals surface area (Å²) >= 11 is 6.08. The molecule has 3 aromatic carbocycles. The average Bonchev–Trinajstić information content (AvgIpc) is 2.85. The van der Waals surface area contributed by atoms with E-state index in [0.717, 1.165) is 45.6 Å². The molecule has 32 heavy (non-hydrogen) atoms. The number of hydrogen-bond donors (Lipinski definition) is 2. The number of halogens is 1. The van der Waals surface area contributed by atoms with Crippen LogP contribution in [0.1, 0.15) is 5.56 Å². The van der Waals surface area contributed by atoms with E-state index < -0.39 is 0 Å². The summed E-state index contributed by atoms with van der Waals surface area (Å²) in [5.74, 6) is 0. The lowest BCUT2D eigenvalue weighted by Gasteiger charge is -2.14. The number of pyridine rings is 2. The van der Waals surface area contributed by atoms with Crippen molar-refractivity contribution in [1.82, 2.24) is 9.97 Å². The highest BCUT2D eigenvalue weighted by atomic mass is 35.5. The Kier molecular flexibility index (Phi) is 5.31. The third-order valence-electron chi connectivity index (χ3n) is 5.63. The molecule has 156 valence electrons. The molecule has 4 nitrogen and oxygen atoms in total. The largest absolute Gasteiger partial charge is 0.354 e. The van der Waals surface area contributed by atoms with Crippen LogP contribution in [0.3, 0.4) is 0 Å². The lowest BCUT2D eigenvalue weighted by Crippen LogP contribution is -2.47. The number of nitrogens with one attached hydrogen (secondary N) is 1. The smallest absolute Gasteiger partial charge is 0.257 e.